The van der Waals surface area contributed by atoms with E-state index >= 15 is 0 Å². The van der Waals surface area contributed by atoms with Gasteiger partial charge in [0, 0.05) is 32.8 Å². The minimum Gasteiger partial charge on any atom is -0.497 e. The van der Waals surface area contributed by atoms with E-state index in [4.69, 9.17) is 23.7 Å². The molecular weight excluding hydrogens is 466 g/mol. The van der Waals surface area contributed by atoms with Crippen LogP contribution in [0.1, 0.15) is 32.3 Å². The van der Waals surface area contributed by atoms with Gasteiger partial charge in [-0.1, -0.05) is 19.1 Å². The number of methoxy groups -OCH3 is 1. The first-order valence-corrected chi connectivity index (χ1v) is 12.2. The Morgan fingerprint density at radius 3 is 2.17 bits per heavy atom. The summed E-state index contributed by atoms with van der Waals surface area (Å²) in [4.78, 5) is 25.7. The summed E-state index contributed by atoms with van der Waals surface area (Å²) in [6.45, 7) is 6.45. The summed E-state index contributed by atoms with van der Waals surface area (Å²) >= 11 is 0. The van der Waals surface area contributed by atoms with Crippen LogP contribution in [-0.2, 0) is 20.7 Å². The van der Waals surface area contributed by atoms with E-state index in [0.29, 0.717) is 56.6 Å². The summed E-state index contributed by atoms with van der Waals surface area (Å²) in [5, 5.41) is 9.25. The molecule has 0 saturated heterocycles. The van der Waals surface area contributed by atoms with E-state index in [1.165, 1.54) is 0 Å². The van der Waals surface area contributed by atoms with Gasteiger partial charge in [-0.25, -0.2) is 9.59 Å². The van der Waals surface area contributed by atoms with E-state index in [0.717, 1.165) is 12.0 Å². The van der Waals surface area contributed by atoms with E-state index in [-0.39, 0.29) is 13.0 Å². The molecule has 0 aliphatic carbocycles. The average molecular weight is 504 g/mol. The van der Waals surface area contributed by atoms with Crippen LogP contribution in [0.25, 0.3) is 0 Å². The molecule has 36 heavy (non-hydrogen) atoms. The van der Waals surface area contributed by atoms with Gasteiger partial charge in [0.15, 0.2) is 6.10 Å². The zero-order valence-corrected chi connectivity index (χ0v) is 21.3. The molecule has 1 unspecified atom stereocenters. The molecule has 9 nitrogen and oxygen atoms in total. The Labute approximate surface area is 212 Å². The van der Waals surface area contributed by atoms with Crippen LogP contribution in [0.15, 0.2) is 48.5 Å². The zero-order valence-electron chi connectivity index (χ0n) is 21.3. The molecule has 0 fully saturated rings. The number of carbonyl (C=O) groups is 2. The van der Waals surface area contributed by atoms with Crippen molar-refractivity contribution >= 4 is 12.1 Å². The Balaban J connectivity index is 1.90. The topological polar surface area (TPSA) is 104 Å². The van der Waals surface area contributed by atoms with Crippen LogP contribution in [0.5, 0.6) is 17.2 Å². The van der Waals surface area contributed by atoms with Crippen molar-refractivity contribution in [3.8, 4) is 17.2 Å². The Kier molecular flexibility index (Phi) is 13.2. The second kappa shape index (κ2) is 16.4. The van der Waals surface area contributed by atoms with Gasteiger partial charge in [0.05, 0.1) is 13.7 Å². The number of carboxylic acids is 1. The molecule has 1 N–H and O–H groups in total. The fraction of sp³-hybridized carbons (Fsp3) is 0.481. The number of rotatable bonds is 17. The zero-order chi connectivity index (χ0) is 26.2. The Hall–Kier alpha value is -3.30. The van der Waals surface area contributed by atoms with Crippen molar-refractivity contribution in [3.63, 3.8) is 0 Å². The molecule has 0 aromatic heterocycles. The first-order chi connectivity index (χ1) is 17.5. The van der Waals surface area contributed by atoms with Gasteiger partial charge >= 0.3 is 12.1 Å². The van der Waals surface area contributed by atoms with E-state index in [2.05, 4.69) is 0 Å². The minimum absolute atomic E-state index is 0.267. The molecule has 0 bridgehead atoms. The summed E-state index contributed by atoms with van der Waals surface area (Å²) in [5.74, 6) is 0.738. The monoisotopic (exact) mass is 503 g/mol. The van der Waals surface area contributed by atoms with Crippen molar-refractivity contribution in [2.24, 2.45) is 0 Å². The van der Waals surface area contributed by atoms with Crippen LogP contribution >= 0.6 is 0 Å². The highest BCUT2D eigenvalue weighted by atomic mass is 16.6. The maximum atomic E-state index is 12.8. The van der Waals surface area contributed by atoms with E-state index in [9.17, 15) is 14.7 Å². The minimum atomic E-state index is -0.987. The van der Waals surface area contributed by atoms with Crippen molar-refractivity contribution < 1.29 is 38.4 Å². The van der Waals surface area contributed by atoms with Crippen LogP contribution in [0.2, 0.25) is 0 Å². The Morgan fingerprint density at radius 1 is 0.889 bits per heavy atom. The van der Waals surface area contributed by atoms with Crippen molar-refractivity contribution in [2.75, 3.05) is 46.6 Å². The standard InChI is InChI=1S/C27H37NO8/c1-4-17-33-18-6-15-28(27(31)36-24-13-11-22(32-3)12-14-24)16-19-35-23-9-7-21(8-10-23)20-25(26(29)30)34-5-2/h7-14,25H,4-6,15-20H2,1-3H3,(H,29,30). The highest BCUT2D eigenvalue weighted by Gasteiger charge is 2.18. The fourth-order valence-electron chi connectivity index (χ4n) is 3.34. The van der Waals surface area contributed by atoms with Crippen LogP contribution in [0.3, 0.4) is 0 Å². The number of aliphatic carboxylic acids is 1. The molecule has 0 saturated carbocycles. The number of amides is 1. The van der Waals surface area contributed by atoms with E-state index in [1.54, 1.807) is 55.3 Å². The third-order valence-corrected chi connectivity index (χ3v) is 5.21. The number of carboxylic acid groups (broad SMARTS) is 1. The molecule has 9 heteroatoms. The lowest BCUT2D eigenvalue weighted by Gasteiger charge is -2.22. The summed E-state index contributed by atoms with van der Waals surface area (Å²) in [5.41, 5.74) is 0.833. The SMILES string of the molecule is CCCOCCCN(CCOc1ccc(CC(OCC)C(=O)O)cc1)C(=O)Oc1ccc(OC)cc1. The predicted molar refractivity (Wildman–Crippen MR) is 135 cm³/mol. The maximum absolute atomic E-state index is 12.8. The molecule has 198 valence electrons. The second-order valence-electron chi connectivity index (χ2n) is 7.98. The lowest BCUT2D eigenvalue weighted by Crippen LogP contribution is -2.38. The normalized spacial score (nSPS) is 11.5. The molecule has 0 radical (unpaired) electrons. The van der Waals surface area contributed by atoms with Gasteiger partial charge in [-0.2, -0.15) is 0 Å². The smallest absolute Gasteiger partial charge is 0.415 e. The third kappa shape index (κ3) is 10.5. The first-order valence-electron chi connectivity index (χ1n) is 12.2. The molecule has 2 rings (SSSR count). The highest BCUT2D eigenvalue weighted by Crippen LogP contribution is 2.18. The average Bonchev–Trinajstić information content (AvgIpc) is 2.88. The highest BCUT2D eigenvalue weighted by molar-refractivity contribution is 5.72. The van der Waals surface area contributed by atoms with Crippen molar-refractivity contribution in [3.05, 3.63) is 54.1 Å². The van der Waals surface area contributed by atoms with Gasteiger partial charge in [0.2, 0.25) is 0 Å². The molecular formula is C27H37NO8. The molecule has 2 aromatic carbocycles. The molecule has 0 heterocycles. The maximum Gasteiger partial charge on any atom is 0.415 e. The lowest BCUT2D eigenvalue weighted by molar-refractivity contribution is -0.149. The largest absolute Gasteiger partial charge is 0.497 e. The van der Waals surface area contributed by atoms with Crippen molar-refractivity contribution in [1.29, 1.82) is 0 Å². The Bertz CT molecular complexity index is 901. The lowest BCUT2D eigenvalue weighted by atomic mass is 10.1. The van der Waals surface area contributed by atoms with Crippen LogP contribution in [0, 0.1) is 0 Å². The van der Waals surface area contributed by atoms with Gasteiger partial charge in [-0.05, 0) is 61.7 Å². The summed E-state index contributed by atoms with van der Waals surface area (Å²) in [6.07, 6.45) is 0.544. The van der Waals surface area contributed by atoms with Crippen LogP contribution in [-0.4, -0.2) is 74.8 Å². The van der Waals surface area contributed by atoms with Gasteiger partial charge in [-0.3, -0.25) is 0 Å². The van der Waals surface area contributed by atoms with E-state index < -0.39 is 18.2 Å². The predicted octanol–water partition coefficient (Wildman–Crippen LogP) is 4.42. The van der Waals surface area contributed by atoms with Gasteiger partial charge < -0.3 is 33.7 Å². The van der Waals surface area contributed by atoms with E-state index in [1.807, 2.05) is 19.1 Å². The van der Waals surface area contributed by atoms with Crippen molar-refractivity contribution in [2.45, 2.75) is 39.2 Å². The number of benzene rings is 2. The Morgan fingerprint density at radius 2 is 1.56 bits per heavy atom. The number of carbonyl (C=O) groups excluding carboxylic acids is 1. The molecule has 1 amide bonds. The summed E-state index contributed by atoms with van der Waals surface area (Å²) in [6, 6.07) is 14.0. The van der Waals surface area contributed by atoms with Gasteiger partial charge in [0.25, 0.3) is 0 Å². The first kappa shape index (κ1) is 28.9. The quantitative estimate of drug-likeness (QED) is 0.316. The van der Waals surface area contributed by atoms with Crippen LogP contribution < -0.4 is 14.2 Å². The second-order valence-corrected chi connectivity index (χ2v) is 7.98. The molecule has 0 aliphatic rings. The summed E-state index contributed by atoms with van der Waals surface area (Å²) < 4.78 is 27.3. The molecule has 0 aliphatic heterocycles. The van der Waals surface area contributed by atoms with Crippen molar-refractivity contribution in [1.82, 2.24) is 4.90 Å². The van der Waals surface area contributed by atoms with Crippen LogP contribution in [0.4, 0.5) is 4.79 Å². The number of hydrogen-bond donors (Lipinski definition) is 1. The summed E-state index contributed by atoms with van der Waals surface area (Å²) in [7, 11) is 1.57. The van der Waals surface area contributed by atoms with Gasteiger partial charge in [0.1, 0.15) is 23.9 Å². The third-order valence-electron chi connectivity index (χ3n) is 5.21. The molecule has 1 atom stereocenters. The number of nitrogens with zero attached hydrogens (tertiary/aromatic N) is 1. The van der Waals surface area contributed by atoms with Gasteiger partial charge in [-0.15, -0.1) is 0 Å². The number of hydrogen-bond acceptors (Lipinski definition) is 7. The fourth-order valence-corrected chi connectivity index (χ4v) is 3.34. The number of ether oxygens (including phenoxy) is 5. The molecule has 2 aromatic rings. The molecule has 0 spiro atoms.